The van der Waals surface area contributed by atoms with E-state index in [4.69, 9.17) is 23.7 Å². The first-order valence-corrected chi connectivity index (χ1v) is 12.9. The van der Waals surface area contributed by atoms with Gasteiger partial charge in [0.15, 0.2) is 0 Å². The van der Waals surface area contributed by atoms with Crippen LogP contribution < -0.4 is 18.9 Å². The number of hydrogen-bond acceptors (Lipinski definition) is 8. The van der Waals surface area contributed by atoms with Crippen LogP contribution in [-0.2, 0) is 14.3 Å². The molecule has 0 amide bonds. The first-order chi connectivity index (χ1) is 18.4. The van der Waals surface area contributed by atoms with E-state index in [1.807, 2.05) is 19.1 Å². The van der Waals surface area contributed by atoms with E-state index in [0.717, 1.165) is 12.0 Å². The summed E-state index contributed by atoms with van der Waals surface area (Å²) in [5.74, 6) is 0.586. The van der Waals surface area contributed by atoms with Gasteiger partial charge >= 0.3 is 11.9 Å². The molecule has 0 fully saturated rings. The molecule has 1 unspecified atom stereocenters. The van der Waals surface area contributed by atoms with Gasteiger partial charge in [0, 0.05) is 36.0 Å². The minimum absolute atomic E-state index is 0.0418. The van der Waals surface area contributed by atoms with Crippen LogP contribution in [0, 0.1) is 0 Å². The molecule has 0 spiro atoms. The molecular formula is C30H34O8. The second kappa shape index (κ2) is 12.2. The van der Waals surface area contributed by atoms with Gasteiger partial charge in [0.05, 0.1) is 33.9 Å². The van der Waals surface area contributed by atoms with Crippen molar-refractivity contribution in [3.8, 4) is 23.0 Å². The highest BCUT2D eigenvalue weighted by Crippen LogP contribution is 2.49. The topological polar surface area (TPSA) is 97.4 Å². The number of hydrogen-bond donors (Lipinski definition) is 0. The molecule has 0 N–H and O–H groups in total. The molecule has 2 heterocycles. The Morgan fingerprint density at radius 3 is 2.47 bits per heavy atom. The number of ether oxygens (including phenoxy) is 5. The third kappa shape index (κ3) is 5.85. The maximum atomic E-state index is 13.6. The lowest BCUT2D eigenvalue weighted by Crippen LogP contribution is -2.24. The third-order valence-corrected chi connectivity index (χ3v) is 6.98. The number of methoxy groups -OCH3 is 3. The molecule has 0 radical (unpaired) electrons. The SMILES string of the molecule is COc1ccc(C2CC(=O)Oc3cc4c(c(OC)c32)C(=O)O[C@@H](C)CCCC(=O)CCCC=C4)c(OC)c1. The number of rotatable bonds is 4. The Labute approximate surface area is 222 Å². The second-order valence-electron chi connectivity index (χ2n) is 9.57. The Balaban J connectivity index is 1.88. The van der Waals surface area contributed by atoms with Crippen LogP contribution in [0.4, 0.5) is 0 Å². The number of carbonyl (C=O) groups is 3. The maximum absolute atomic E-state index is 13.6. The number of carbonyl (C=O) groups excluding carboxylic acids is 3. The van der Waals surface area contributed by atoms with Gasteiger partial charge in [0.1, 0.15) is 34.3 Å². The van der Waals surface area contributed by atoms with Crippen LogP contribution >= 0.6 is 0 Å². The van der Waals surface area contributed by atoms with Crippen molar-refractivity contribution in [1.82, 2.24) is 0 Å². The highest BCUT2D eigenvalue weighted by atomic mass is 16.5. The molecule has 0 saturated heterocycles. The molecule has 2 aromatic carbocycles. The molecule has 202 valence electrons. The van der Waals surface area contributed by atoms with Crippen LogP contribution in [-0.4, -0.2) is 45.2 Å². The molecule has 0 aromatic heterocycles. The normalized spacial score (nSPS) is 20.4. The average Bonchev–Trinajstić information content (AvgIpc) is 2.90. The fraction of sp³-hybridized carbons (Fsp3) is 0.433. The summed E-state index contributed by atoms with van der Waals surface area (Å²) in [5, 5.41) is 0. The van der Waals surface area contributed by atoms with Crippen molar-refractivity contribution < 1.29 is 38.1 Å². The number of cyclic esters (lactones) is 1. The van der Waals surface area contributed by atoms with Crippen molar-refractivity contribution in [3.05, 3.63) is 52.6 Å². The van der Waals surface area contributed by atoms with Gasteiger partial charge in [-0.3, -0.25) is 9.59 Å². The quantitative estimate of drug-likeness (QED) is 0.376. The fourth-order valence-electron chi connectivity index (χ4n) is 5.08. The molecule has 38 heavy (non-hydrogen) atoms. The first kappa shape index (κ1) is 27.2. The molecule has 4 rings (SSSR count). The zero-order valence-corrected chi connectivity index (χ0v) is 22.3. The van der Waals surface area contributed by atoms with Crippen LogP contribution in [0.5, 0.6) is 23.0 Å². The standard InChI is InChI=1S/C30H34O8/c1-18-9-8-12-20(31)11-7-5-6-10-19-15-25-28(29(36-4)27(19)30(33)37-18)23(17-26(32)38-25)22-14-13-21(34-2)16-24(22)35-3/h6,10,13-16,18,23H,5,7-9,11-12,17H2,1-4H3/t18-,23?/m0/s1. The highest BCUT2D eigenvalue weighted by Gasteiger charge is 2.37. The number of esters is 2. The van der Waals surface area contributed by atoms with Crippen molar-refractivity contribution in [2.24, 2.45) is 0 Å². The van der Waals surface area contributed by atoms with Gasteiger partial charge in [0.25, 0.3) is 0 Å². The van der Waals surface area contributed by atoms with Crippen LogP contribution in [0.15, 0.2) is 30.3 Å². The third-order valence-electron chi connectivity index (χ3n) is 6.98. The van der Waals surface area contributed by atoms with Gasteiger partial charge in [-0.2, -0.15) is 0 Å². The zero-order valence-electron chi connectivity index (χ0n) is 22.3. The van der Waals surface area contributed by atoms with Crippen LogP contribution in [0.2, 0.25) is 0 Å². The van der Waals surface area contributed by atoms with Gasteiger partial charge < -0.3 is 23.7 Å². The Morgan fingerprint density at radius 1 is 0.947 bits per heavy atom. The lowest BCUT2D eigenvalue weighted by Gasteiger charge is -2.29. The van der Waals surface area contributed by atoms with Crippen molar-refractivity contribution in [1.29, 1.82) is 0 Å². The van der Waals surface area contributed by atoms with E-state index in [1.165, 1.54) is 7.11 Å². The summed E-state index contributed by atoms with van der Waals surface area (Å²) in [6.45, 7) is 1.82. The molecular weight excluding hydrogens is 488 g/mol. The Hall–Kier alpha value is -3.81. The lowest BCUT2D eigenvalue weighted by molar-refractivity contribution is -0.135. The van der Waals surface area contributed by atoms with Crippen LogP contribution in [0.1, 0.15) is 84.8 Å². The van der Waals surface area contributed by atoms with Crippen LogP contribution in [0.3, 0.4) is 0 Å². The van der Waals surface area contributed by atoms with Gasteiger partial charge in [-0.25, -0.2) is 4.79 Å². The molecule has 0 aliphatic carbocycles. The highest BCUT2D eigenvalue weighted by molar-refractivity contribution is 5.99. The molecule has 0 bridgehead atoms. The molecule has 2 aliphatic heterocycles. The molecule has 8 nitrogen and oxygen atoms in total. The number of fused-ring (bicyclic) bond motifs is 2. The van der Waals surface area contributed by atoms with Crippen molar-refractivity contribution >= 4 is 23.8 Å². The number of ketones is 1. The number of benzene rings is 2. The molecule has 2 aliphatic rings. The van der Waals surface area contributed by atoms with Gasteiger partial charge in [-0.05, 0) is 50.3 Å². The average molecular weight is 523 g/mol. The van der Waals surface area contributed by atoms with E-state index in [2.05, 4.69) is 0 Å². The zero-order chi connectivity index (χ0) is 27.2. The lowest BCUT2D eigenvalue weighted by atomic mass is 9.83. The number of Topliss-reactive ketones (excluding diaryl/α,β-unsaturated/α-hetero) is 1. The Morgan fingerprint density at radius 2 is 1.74 bits per heavy atom. The summed E-state index contributed by atoms with van der Waals surface area (Å²) in [6.07, 6.45) is 7.00. The first-order valence-electron chi connectivity index (χ1n) is 12.9. The predicted octanol–water partition coefficient (Wildman–Crippen LogP) is 5.64. The van der Waals surface area contributed by atoms with E-state index < -0.39 is 17.9 Å². The van der Waals surface area contributed by atoms with Gasteiger partial charge in [-0.15, -0.1) is 0 Å². The maximum Gasteiger partial charge on any atom is 0.342 e. The van der Waals surface area contributed by atoms with Crippen molar-refractivity contribution in [2.75, 3.05) is 21.3 Å². The summed E-state index contributed by atoms with van der Waals surface area (Å²) in [7, 11) is 4.61. The Bertz CT molecular complexity index is 1250. The van der Waals surface area contributed by atoms with E-state index in [9.17, 15) is 14.4 Å². The summed E-state index contributed by atoms with van der Waals surface area (Å²) in [4.78, 5) is 38.4. The van der Waals surface area contributed by atoms with Gasteiger partial charge in [0.2, 0.25) is 0 Å². The smallest absolute Gasteiger partial charge is 0.342 e. The summed E-state index contributed by atoms with van der Waals surface area (Å²) < 4.78 is 28.3. The Kier molecular flexibility index (Phi) is 8.71. The molecule has 2 atom stereocenters. The van der Waals surface area contributed by atoms with Crippen molar-refractivity contribution in [3.63, 3.8) is 0 Å². The second-order valence-corrected chi connectivity index (χ2v) is 9.57. The molecule has 2 aromatic rings. The fourth-order valence-corrected chi connectivity index (χ4v) is 5.08. The van der Waals surface area contributed by atoms with E-state index in [1.54, 1.807) is 38.5 Å². The van der Waals surface area contributed by atoms with Crippen molar-refractivity contribution in [2.45, 2.75) is 63.9 Å². The molecule has 0 saturated carbocycles. The minimum Gasteiger partial charge on any atom is -0.497 e. The van der Waals surface area contributed by atoms with Gasteiger partial charge in [-0.1, -0.05) is 18.2 Å². The molecule has 8 heteroatoms. The summed E-state index contributed by atoms with van der Waals surface area (Å²) >= 11 is 0. The summed E-state index contributed by atoms with van der Waals surface area (Å²) in [6, 6.07) is 7.08. The predicted molar refractivity (Wildman–Crippen MR) is 141 cm³/mol. The summed E-state index contributed by atoms with van der Waals surface area (Å²) in [5.41, 5.74) is 2.13. The number of allylic oxidation sites excluding steroid dienone is 1. The monoisotopic (exact) mass is 522 g/mol. The van der Waals surface area contributed by atoms with E-state index in [-0.39, 0.29) is 23.9 Å². The van der Waals surface area contributed by atoms with E-state index >= 15 is 0 Å². The van der Waals surface area contributed by atoms with Crippen LogP contribution in [0.25, 0.3) is 6.08 Å². The minimum atomic E-state index is -0.530. The largest absolute Gasteiger partial charge is 0.497 e. The van der Waals surface area contributed by atoms with E-state index in [0.29, 0.717) is 66.2 Å².